The summed E-state index contributed by atoms with van der Waals surface area (Å²) in [5.74, 6) is -1.67. The summed E-state index contributed by atoms with van der Waals surface area (Å²) in [5, 5.41) is 27.7. The summed E-state index contributed by atoms with van der Waals surface area (Å²) in [6.45, 7) is 1.83. The second-order valence-electron chi connectivity index (χ2n) is 9.99. The average molecular weight is 546 g/mol. The number of hydrogen-bond donors (Lipinski definition) is 5. The van der Waals surface area contributed by atoms with Gasteiger partial charge >= 0.3 is 12.1 Å². The van der Waals surface area contributed by atoms with Gasteiger partial charge in [0.25, 0.3) is 0 Å². The van der Waals surface area contributed by atoms with Crippen LogP contribution in [0.4, 0.5) is 4.79 Å². The monoisotopic (exact) mass is 545 g/mol. The van der Waals surface area contributed by atoms with Crippen molar-refractivity contribution in [2.75, 3.05) is 13.2 Å². The van der Waals surface area contributed by atoms with E-state index in [0.29, 0.717) is 6.42 Å². The highest BCUT2D eigenvalue weighted by Gasteiger charge is 2.30. The lowest BCUT2D eigenvalue weighted by Crippen LogP contribution is -2.45. The fourth-order valence-electron chi connectivity index (χ4n) is 5.02. The molecule has 9 heteroatoms. The second kappa shape index (κ2) is 13.7. The van der Waals surface area contributed by atoms with E-state index in [1.165, 1.54) is 0 Å². The zero-order chi connectivity index (χ0) is 28.5. The minimum Gasteiger partial charge on any atom is -0.480 e. The fourth-order valence-corrected chi connectivity index (χ4v) is 5.02. The maximum absolute atomic E-state index is 12.5. The van der Waals surface area contributed by atoms with Crippen LogP contribution >= 0.6 is 0 Å². The van der Waals surface area contributed by atoms with Gasteiger partial charge in [-0.1, -0.05) is 78.9 Å². The number of nitrogens with one attached hydrogen (secondary N) is 3. The zero-order valence-corrected chi connectivity index (χ0v) is 22.4. The van der Waals surface area contributed by atoms with Gasteiger partial charge in [-0.3, -0.25) is 10.1 Å². The van der Waals surface area contributed by atoms with Gasteiger partial charge in [-0.05, 0) is 54.0 Å². The molecule has 9 nitrogen and oxygen atoms in total. The Hall–Kier alpha value is -4.21. The highest BCUT2D eigenvalue weighted by Crippen LogP contribution is 2.44. The molecule has 2 amide bonds. The maximum atomic E-state index is 12.5. The number of rotatable bonds is 13. The molecule has 210 valence electrons. The molecule has 4 rings (SSSR count). The smallest absolute Gasteiger partial charge is 0.407 e. The Balaban J connectivity index is 1.20. The molecule has 0 saturated heterocycles. The quantitative estimate of drug-likeness (QED) is 0.208. The number of carboxylic acids is 1. The first kappa shape index (κ1) is 28.8. The van der Waals surface area contributed by atoms with Gasteiger partial charge in [-0.25, -0.2) is 9.59 Å². The molecule has 0 spiro atoms. The second-order valence-corrected chi connectivity index (χ2v) is 9.99. The number of hydrogen-bond acceptors (Lipinski definition) is 6. The molecule has 3 aromatic rings. The van der Waals surface area contributed by atoms with Gasteiger partial charge in [0.2, 0.25) is 5.91 Å². The van der Waals surface area contributed by atoms with E-state index in [2.05, 4.69) is 16.0 Å². The van der Waals surface area contributed by atoms with Crippen molar-refractivity contribution in [2.24, 2.45) is 0 Å². The van der Waals surface area contributed by atoms with Gasteiger partial charge in [0, 0.05) is 12.0 Å². The molecule has 1 aliphatic carbocycles. The molecule has 5 N–H and O–H groups in total. The third-order valence-corrected chi connectivity index (χ3v) is 6.95. The highest BCUT2D eigenvalue weighted by atomic mass is 16.5. The van der Waals surface area contributed by atoms with E-state index in [1.807, 2.05) is 85.8 Å². The van der Waals surface area contributed by atoms with E-state index < -0.39 is 24.3 Å². The summed E-state index contributed by atoms with van der Waals surface area (Å²) in [6.07, 6.45) is -1.34. The van der Waals surface area contributed by atoms with Gasteiger partial charge < -0.3 is 25.6 Å². The molecular formula is C31H35N3O6. The number of carboxylic acid groups (broad SMARTS) is 1. The van der Waals surface area contributed by atoms with Crippen LogP contribution in [0, 0.1) is 0 Å². The van der Waals surface area contributed by atoms with Crippen LogP contribution < -0.4 is 16.0 Å². The summed E-state index contributed by atoms with van der Waals surface area (Å²) in [6, 6.07) is 24.3. The van der Waals surface area contributed by atoms with Crippen molar-refractivity contribution < 1.29 is 29.3 Å². The first-order valence-electron chi connectivity index (χ1n) is 13.4. The van der Waals surface area contributed by atoms with Gasteiger partial charge in [-0.15, -0.1) is 0 Å². The normalized spacial score (nSPS) is 14.3. The Morgan fingerprint density at radius 3 is 2.08 bits per heavy atom. The Labute approximate surface area is 233 Å². The van der Waals surface area contributed by atoms with Crippen LogP contribution in [0.5, 0.6) is 0 Å². The molecule has 3 unspecified atom stereocenters. The summed E-state index contributed by atoms with van der Waals surface area (Å²) < 4.78 is 5.44. The van der Waals surface area contributed by atoms with Crippen LogP contribution in [0.2, 0.25) is 0 Å². The summed E-state index contributed by atoms with van der Waals surface area (Å²) in [5.41, 5.74) is 5.40. The molecule has 3 atom stereocenters. The molecule has 0 heterocycles. The lowest BCUT2D eigenvalue weighted by atomic mass is 9.98. The third kappa shape index (κ3) is 7.68. The number of carbonyl (C=O) groups is 3. The molecule has 3 aromatic carbocycles. The van der Waals surface area contributed by atoms with E-state index >= 15 is 0 Å². The number of aliphatic carboxylic acids is 1. The molecule has 0 aromatic heterocycles. The van der Waals surface area contributed by atoms with E-state index in [1.54, 1.807) is 0 Å². The predicted octanol–water partition coefficient (Wildman–Crippen LogP) is 3.41. The van der Waals surface area contributed by atoms with E-state index in [0.717, 1.165) is 27.8 Å². The number of fused-ring (bicyclic) bond motifs is 3. The number of benzene rings is 3. The zero-order valence-electron chi connectivity index (χ0n) is 22.4. The standard InChI is InChI=1S/C31H35N3O6/c1-20(17-21-9-3-2-4-10-21)33-29(36)18-32-28(35)16-15-27(30(37)38)34-31(39)40-19-26-24-13-7-5-11-22(24)23-12-6-8-14-25(23)26/h2-14,20,26-28,32,35H,15-19H2,1H3,(H,33,36)(H,34,39)(H,37,38). The number of carbonyl (C=O) groups excluding carboxylic acids is 2. The van der Waals surface area contributed by atoms with Crippen LogP contribution in [0.15, 0.2) is 78.9 Å². The van der Waals surface area contributed by atoms with E-state index in [9.17, 15) is 24.6 Å². The average Bonchev–Trinajstić information content (AvgIpc) is 3.27. The van der Waals surface area contributed by atoms with Crippen molar-refractivity contribution in [1.29, 1.82) is 0 Å². The van der Waals surface area contributed by atoms with Gasteiger partial charge in [-0.2, -0.15) is 0 Å². The highest BCUT2D eigenvalue weighted by molar-refractivity contribution is 5.81. The SMILES string of the molecule is CC(Cc1ccccc1)NC(=O)CNC(O)CCC(NC(=O)OCC1c2ccccc2-c2ccccc21)C(=O)O. The van der Waals surface area contributed by atoms with Crippen LogP contribution in [0.1, 0.15) is 42.4 Å². The molecule has 0 fully saturated rings. The predicted molar refractivity (Wildman–Crippen MR) is 151 cm³/mol. The first-order valence-corrected chi connectivity index (χ1v) is 13.4. The molecule has 0 radical (unpaired) electrons. The fraction of sp³-hybridized carbons (Fsp3) is 0.323. The van der Waals surface area contributed by atoms with Crippen molar-refractivity contribution in [1.82, 2.24) is 16.0 Å². The van der Waals surface area contributed by atoms with Gasteiger partial charge in [0.05, 0.1) is 6.54 Å². The minimum atomic E-state index is -1.26. The lowest BCUT2D eigenvalue weighted by Gasteiger charge is -2.19. The van der Waals surface area contributed by atoms with Crippen LogP contribution in [-0.2, 0) is 20.7 Å². The molecule has 40 heavy (non-hydrogen) atoms. The van der Waals surface area contributed by atoms with Crippen LogP contribution in [0.25, 0.3) is 11.1 Å². The number of alkyl carbamates (subject to hydrolysis) is 1. The summed E-state index contributed by atoms with van der Waals surface area (Å²) >= 11 is 0. The Kier molecular flexibility index (Phi) is 9.88. The molecule has 1 aliphatic rings. The molecule has 0 aliphatic heterocycles. The van der Waals surface area contributed by atoms with Crippen molar-refractivity contribution >= 4 is 18.0 Å². The van der Waals surface area contributed by atoms with Gasteiger partial charge in [0.15, 0.2) is 0 Å². The van der Waals surface area contributed by atoms with Crippen LogP contribution in [0.3, 0.4) is 0 Å². The number of aliphatic hydroxyl groups excluding tert-OH is 1. The molecule has 0 saturated carbocycles. The molecule has 0 bridgehead atoms. The Morgan fingerprint density at radius 2 is 1.45 bits per heavy atom. The van der Waals surface area contributed by atoms with Crippen molar-refractivity contribution in [2.45, 2.75) is 50.4 Å². The van der Waals surface area contributed by atoms with E-state index in [4.69, 9.17) is 4.74 Å². The number of aliphatic hydroxyl groups is 1. The summed E-state index contributed by atoms with van der Waals surface area (Å²) in [7, 11) is 0. The van der Waals surface area contributed by atoms with E-state index in [-0.39, 0.29) is 43.9 Å². The largest absolute Gasteiger partial charge is 0.480 e. The number of amides is 2. The summed E-state index contributed by atoms with van der Waals surface area (Å²) in [4.78, 5) is 36.5. The topological polar surface area (TPSA) is 137 Å². The maximum Gasteiger partial charge on any atom is 0.407 e. The minimum absolute atomic E-state index is 0.00741. The Morgan fingerprint density at radius 1 is 0.850 bits per heavy atom. The third-order valence-electron chi connectivity index (χ3n) is 6.95. The Bertz CT molecular complexity index is 1270. The van der Waals surface area contributed by atoms with Gasteiger partial charge in [0.1, 0.15) is 18.9 Å². The van der Waals surface area contributed by atoms with Crippen molar-refractivity contribution in [3.05, 3.63) is 95.6 Å². The van der Waals surface area contributed by atoms with Crippen molar-refractivity contribution in [3.63, 3.8) is 0 Å². The first-order chi connectivity index (χ1) is 19.3. The van der Waals surface area contributed by atoms with Crippen LogP contribution in [-0.4, -0.2) is 59.6 Å². The number of ether oxygens (including phenoxy) is 1. The molecular weight excluding hydrogens is 510 g/mol. The van der Waals surface area contributed by atoms with Crippen molar-refractivity contribution in [3.8, 4) is 11.1 Å². The lowest BCUT2D eigenvalue weighted by molar-refractivity contribution is -0.139.